The lowest BCUT2D eigenvalue weighted by Crippen LogP contribution is -2.45. The molecule has 2 heterocycles. The van der Waals surface area contributed by atoms with Crippen molar-refractivity contribution in [3.05, 3.63) is 34.6 Å². The van der Waals surface area contributed by atoms with Crippen LogP contribution in [0.25, 0.3) is 0 Å². The maximum absolute atomic E-state index is 14.3. The number of halogens is 1. The van der Waals surface area contributed by atoms with Crippen molar-refractivity contribution in [2.24, 2.45) is 5.92 Å². The number of nitrogens with zero attached hydrogens (tertiary/aromatic N) is 1. The van der Waals surface area contributed by atoms with E-state index in [9.17, 15) is 9.50 Å². The Bertz CT molecular complexity index is 464. The summed E-state index contributed by atoms with van der Waals surface area (Å²) in [6.45, 7) is 6.62. The summed E-state index contributed by atoms with van der Waals surface area (Å²) in [6.07, 6.45) is 1.63. The average molecular weight is 249 g/mol. The Kier molecular flexibility index (Phi) is 2.72. The molecule has 3 rings (SSSR count). The summed E-state index contributed by atoms with van der Waals surface area (Å²) >= 11 is 0. The van der Waals surface area contributed by atoms with Gasteiger partial charge in [-0.25, -0.2) is 4.39 Å². The highest BCUT2D eigenvalue weighted by molar-refractivity contribution is 5.37. The number of rotatable bonds is 1. The monoisotopic (exact) mass is 249 g/mol. The molecule has 0 spiro atoms. The second-order valence-corrected chi connectivity index (χ2v) is 5.90. The van der Waals surface area contributed by atoms with Gasteiger partial charge in [-0.05, 0) is 50.4 Å². The predicted octanol–water partition coefficient (Wildman–Crippen LogP) is 2.36. The summed E-state index contributed by atoms with van der Waals surface area (Å²) in [5.41, 5.74) is 1.38. The molecule has 1 N–H and O–H groups in total. The third kappa shape index (κ3) is 1.69. The van der Waals surface area contributed by atoms with E-state index in [4.69, 9.17) is 0 Å². The van der Waals surface area contributed by atoms with Crippen molar-refractivity contribution in [2.75, 3.05) is 19.6 Å². The standard InChI is InChI=1S/C15H20FNO/c1-10-7-11(2)14(13(16)8-10)15(18)4-6-17-5-3-12(15)9-17/h7-8,12,18H,3-6,9H2,1-2H3. The summed E-state index contributed by atoms with van der Waals surface area (Å²) in [4.78, 5) is 2.36. The zero-order valence-electron chi connectivity index (χ0n) is 11.0. The molecule has 2 saturated heterocycles. The van der Waals surface area contributed by atoms with Crippen LogP contribution in [-0.2, 0) is 5.60 Å². The van der Waals surface area contributed by atoms with Crippen LogP contribution in [-0.4, -0.2) is 29.6 Å². The van der Waals surface area contributed by atoms with Crippen molar-refractivity contribution in [2.45, 2.75) is 32.3 Å². The molecule has 3 atom stereocenters. The molecule has 18 heavy (non-hydrogen) atoms. The van der Waals surface area contributed by atoms with Gasteiger partial charge in [0.1, 0.15) is 5.82 Å². The largest absolute Gasteiger partial charge is 0.385 e. The van der Waals surface area contributed by atoms with E-state index in [1.54, 1.807) is 6.07 Å². The Hall–Kier alpha value is -0.930. The van der Waals surface area contributed by atoms with Crippen molar-refractivity contribution < 1.29 is 9.50 Å². The van der Waals surface area contributed by atoms with Crippen molar-refractivity contribution in [1.82, 2.24) is 4.90 Å². The van der Waals surface area contributed by atoms with E-state index in [2.05, 4.69) is 4.90 Å². The molecule has 2 nitrogen and oxygen atoms in total. The number of piperidine rings is 1. The van der Waals surface area contributed by atoms with Gasteiger partial charge in [0.05, 0.1) is 5.60 Å². The first kappa shape index (κ1) is 12.1. The summed E-state index contributed by atoms with van der Waals surface area (Å²) in [5, 5.41) is 11.0. The number of hydrogen-bond donors (Lipinski definition) is 1. The molecule has 98 valence electrons. The molecule has 0 aliphatic carbocycles. The SMILES string of the molecule is Cc1cc(C)c(C2(O)CCN3CCC2C3)c(F)c1. The van der Waals surface area contributed by atoms with Crippen LogP contribution in [0.5, 0.6) is 0 Å². The van der Waals surface area contributed by atoms with Gasteiger partial charge in [-0.1, -0.05) is 6.07 Å². The molecule has 1 aromatic carbocycles. The molecular weight excluding hydrogens is 229 g/mol. The number of hydrogen-bond acceptors (Lipinski definition) is 2. The van der Waals surface area contributed by atoms with Gasteiger partial charge in [0, 0.05) is 24.6 Å². The summed E-state index contributed by atoms with van der Waals surface area (Å²) in [7, 11) is 0. The molecule has 0 amide bonds. The van der Waals surface area contributed by atoms with Crippen LogP contribution < -0.4 is 0 Å². The molecular formula is C15H20FNO. The number of aliphatic hydroxyl groups is 1. The number of benzene rings is 1. The van der Waals surface area contributed by atoms with E-state index in [-0.39, 0.29) is 11.7 Å². The summed E-state index contributed by atoms with van der Waals surface area (Å²) in [5.74, 6) is -0.0579. The van der Waals surface area contributed by atoms with Crippen molar-refractivity contribution in [3.63, 3.8) is 0 Å². The van der Waals surface area contributed by atoms with Crippen LogP contribution >= 0.6 is 0 Å². The summed E-state index contributed by atoms with van der Waals surface area (Å²) < 4.78 is 14.3. The predicted molar refractivity (Wildman–Crippen MR) is 68.9 cm³/mol. The van der Waals surface area contributed by atoms with Crippen molar-refractivity contribution in [3.8, 4) is 0 Å². The van der Waals surface area contributed by atoms with Gasteiger partial charge in [-0.3, -0.25) is 0 Å². The van der Waals surface area contributed by atoms with E-state index in [0.29, 0.717) is 12.0 Å². The first-order chi connectivity index (χ1) is 8.50. The molecule has 0 saturated carbocycles. The fourth-order valence-corrected chi connectivity index (χ4v) is 3.75. The van der Waals surface area contributed by atoms with Gasteiger partial charge in [-0.2, -0.15) is 0 Å². The highest BCUT2D eigenvalue weighted by Crippen LogP contribution is 2.44. The Morgan fingerprint density at radius 1 is 1.33 bits per heavy atom. The molecule has 2 aliphatic rings. The van der Waals surface area contributed by atoms with E-state index in [0.717, 1.165) is 37.2 Å². The van der Waals surface area contributed by atoms with E-state index >= 15 is 0 Å². The fourth-order valence-electron chi connectivity index (χ4n) is 3.75. The van der Waals surface area contributed by atoms with Gasteiger partial charge in [0.15, 0.2) is 0 Å². The van der Waals surface area contributed by atoms with Gasteiger partial charge in [-0.15, -0.1) is 0 Å². The zero-order valence-corrected chi connectivity index (χ0v) is 11.0. The average Bonchev–Trinajstić information content (AvgIpc) is 2.68. The van der Waals surface area contributed by atoms with E-state index in [1.165, 1.54) is 0 Å². The van der Waals surface area contributed by atoms with Crippen LogP contribution in [0.15, 0.2) is 12.1 Å². The Morgan fingerprint density at radius 3 is 2.83 bits per heavy atom. The fraction of sp³-hybridized carbons (Fsp3) is 0.600. The smallest absolute Gasteiger partial charge is 0.129 e. The minimum atomic E-state index is -0.963. The van der Waals surface area contributed by atoms with Gasteiger partial charge in [0.25, 0.3) is 0 Å². The third-order valence-corrected chi connectivity index (χ3v) is 4.62. The number of aryl methyl sites for hydroxylation is 2. The maximum atomic E-state index is 14.3. The molecule has 2 fully saturated rings. The van der Waals surface area contributed by atoms with Gasteiger partial charge in [0.2, 0.25) is 0 Å². The molecule has 1 aromatic rings. The highest BCUT2D eigenvalue weighted by atomic mass is 19.1. The minimum Gasteiger partial charge on any atom is -0.385 e. The van der Waals surface area contributed by atoms with Gasteiger partial charge < -0.3 is 10.0 Å². The van der Waals surface area contributed by atoms with Crippen LogP contribution in [0.4, 0.5) is 4.39 Å². The molecule has 2 aliphatic heterocycles. The van der Waals surface area contributed by atoms with Crippen LogP contribution in [0, 0.1) is 25.6 Å². The lowest BCUT2D eigenvalue weighted by molar-refractivity contribution is -0.0532. The third-order valence-electron chi connectivity index (χ3n) is 4.62. The lowest BCUT2D eigenvalue weighted by Gasteiger charge is -2.40. The van der Waals surface area contributed by atoms with Crippen LogP contribution in [0.3, 0.4) is 0 Å². The second-order valence-electron chi connectivity index (χ2n) is 5.90. The number of fused-ring (bicyclic) bond motifs is 2. The molecule has 3 heteroatoms. The molecule has 2 bridgehead atoms. The Balaban J connectivity index is 2.08. The summed E-state index contributed by atoms with van der Waals surface area (Å²) in [6, 6.07) is 3.51. The normalized spacial score (nSPS) is 34.9. The second kappa shape index (κ2) is 4.04. The Morgan fingerprint density at radius 2 is 2.11 bits per heavy atom. The van der Waals surface area contributed by atoms with Crippen molar-refractivity contribution in [1.29, 1.82) is 0 Å². The van der Waals surface area contributed by atoms with Gasteiger partial charge >= 0.3 is 0 Å². The minimum absolute atomic E-state index is 0.183. The first-order valence-corrected chi connectivity index (χ1v) is 6.72. The zero-order chi connectivity index (χ0) is 12.9. The first-order valence-electron chi connectivity index (χ1n) is 6.72. The van der Waals surface area contributed by atoms with Crippen LogP contribution in [0.1, 0.15) is 29.5 Å². The highest BCUT2D eigenvalue weighted by Gasteiger charge is 2.47. The maximum Gasteiger partial charge on any atom is 0.129 e. The topological polar surface area (TPSA) is 23.5 Å². The van der Waals surface area contributed by atoms with Crippen molar-refractivity contribution >= 4 is 0 Å². The molecule has 0 radical (unpaired) electrons. The molecule has 0 aromatic heterocycles. The van der Waals surface area contributed by atoms with E-state index in [1.807, 2.05) is 19.9 Å². The van der Waals surface area contributed by atoms with Crippen LogP contribution in [0.2, 0.25) is 0 Å². The molecule has 3 unspecified atom stereocenters. The van der Waals surface area contributed by atoms with E-state index < -0.39 is 5.60 Å². The Labute approximate surface area is 107 Å². The lowest BCUT2D eigenvalue weighted by atomic mass is 9.75. The quantitative estimate of drug-likeness (QED) is 0.826.